The zero-order valence-corrected chi connectivity index (χ0v) is 18.6. The van der Waals surface area contributed by atoms with Crippen LogP contribution in [0.3, 0.4) is 0 Å². The number of hydrogen-bond acceptors (Lipinski definition) is 3. The van der Waals surface area contributed by atoms with Gasteiger partial charge in [0.25, 0.3) is 0 Å². The van der Waals surface area contributed by atoms with E-state index < -0.39 is 0 Å². The lowest BCUT2D eigenvalue weighted by molar-refractivity contribution is -0.159. The van der Waals surface area contributed by atoms with Crippen LogP contribution < -0.4 is 5.32 Å². The van der Waals surface area contributed by atoms with Crippen LogP contribution in [0.4, 0.5) is 9.18 Å². The van der Waals surface area contributed by atoms with Gasteiger partial charge in [-0.05, 0) is 41.7 Å². The van der Waals surface area contributed by atoms with Crippen LogP contribution >= 0.6 is 0 Å². The van der Waals surface area contributed by atoms with Gasteiger partial charge in [0.05, 0.1) is 18.7 Å². The van der Waals surface area contributed by atoms with Gasteiger partial charge in [-0.15, -0.1) is 0 Å². The van der Waals surface area contributed by atoms with E-state index in [0.717, 1.165) is 42.4 Å². The van der Waals surface area contributed by atoms with Gasteiger partial charge in [0.15, 0.2) is 0 Å². The number of amides is 3. The first-order chi connectivity index (χ1) is 16.0. The van der Waals surface area contributed by atoms with E-state index in [2.05, 4.69) is 5.32 Å². The number of aliphatic hydroxyl groups is 1. The van der Waals surface area contributed by atoms with Gasteiger partial charge >= 0.3 is 6.03 Å². The van der Waals surface area contributed by atoms with Crippen molar-refractivity contribution in [2.24, 2.45) is 0 Å². The summed E-state index contributed by atoms with van der Waals surface area (Å²) in [4.78, 5) is 29.1. The highest BCUT2D eigenvalue weighted by Gasteiger charge is 2.54. The van der Waals surface area contributed by atoms with Gasteiger partial charge in [0.1, 0.15) is 12.4 Å². The van der Waals surface area contributed by atoms with Gasteiger partial charge in [0.2, 0.25) is 5.91 Å². The summed E-state index contributed by atoms with van der Waals surface area (Å²) in [6, 6.07) is 13.9. The maximum absolute atomic E-state index is 13.6. The lowest BCUT2D eigenvalue weighted by Gasteiger charge is -2.58. The summed E-state index contributed by atoms with van der Waals surface area (Å²) in [5, 5.41) is 13.1. The van der Waals surface area contributed by atoms with E-state index in [1.807, 2.05) is 30.3 Å². The van der Waals surface area contributed by atoms with Gasteiger partial charge in [-0.1, -0.05) is 55.7 Å². The maximum atomic E-state index is 13.6. The van der Waals surface area contributed by atoms with Crippen LogP contribution in [0, 0.1) is 5.82 Å². The van der Waals surface area contributed by atoms with Crippen LogP contribution in [0.25, 0.3) is 11.1 Å². The highest BCUT2D eigenvalue weighted by Crippen LogP contribution is 2.43. The fourth-order valence-corrected chi connectivity index (χ4v) is 5.73. The molecule has 3 aliphatic rings. The summed E-state index contributed by atoms with van der Waals surface area (Å²) in [6.45, 7) is 0.390. The Labute approximate surface area is 193 Å². The molecule has 3 fully saturated rings. The van der Waals surface area contributed by atoms with Gasteiger partial charge < -0.3 is 20.2 Å². The molecule has 0 bridgehead atoms. The molecular formula is C26H30FN3O3. The van der Waals surface area contributed by atoms with Crippen LogP contribution in [0.5, 0.6) is 0 Å². The van der Waals surface area contributed by atoms with Crippen molar-refractivity contribution < 1.29 is 19.1 Å². The Hall–Kier alpha value is -2.93. The number of fused-ring (bicyclic) bond motifs is 1. The molecule has 2 aromatic carbocycles. The number of benzene rings is 2. The van der Waals surface area contributed by atoms with Gasteiger partial charge in [0, 0.05) is 18.5 Å². The van der Waals surface area contributed by atoms with Gasteiger partial charge in [-0.2, -0.15) is 0 Å². The molecule has 3 amide bonds. The van der Waals surface area contributed by atoms with E-state index >= 15 is 0 Å². The molecule has 0 unspecified atom stereocenters. The largest absolute Gasteiger partial charge is 0.394 e. The minimum atomic E-state index is -0.286. The van der Waals surface area contributed by atoms with E-state index in [0.29, 0.717) is 6.54 Å². The third-order valence-corrected chi connectivity index (χ3v) is 7.43. The molecule has 174 valence electrons. The molecule has 6 nitrogen and oxygen atoms in total. The topological polar surface area (TPSA) is 72.9 Å². The highest BCUT2D eigenvalue weighted by molar-refractivity contribution is 5.87. The number of nitrogens with zero attached hydrogens (tertiary/aromatic N) is 2. The number of carbonyl (C=O) groups excluding carboxylic acids is 2. The van der Waals surface area contributed by atoms with E-state index in [4.69, 9.17) is 0 Å². The molecule has 33 heavy (non-hydrogen) atoms. The lowest BCUT2D eigenvalue weighted by atomic mass is 9.73. The first kappa shape index (κ1) is 21.9. The molecule has 1 aliphatic carbocycles. The fraction of sp³-hybridized carbons (Fsp3) is 0.462. The van der Waals surface area contributed by atoms with Crippen molar-refractivity contribution >= 4 is 11.9 Å². The third-order valence-electron chi connectivity index (χ3n) is 7.43. The average Bonchev–Trinajstić information content (AvgIpc) is 2.81. The fourth-order valence-electron chi connectivity index (χ4n) is 5.73. The van der Waals surface area contributed by atoms with Crippen LogP contribution in [0.1, 0.15) is 43.6 Å². The molecule has 1 saturated carbocycles. The van der Waals surface area contributed by atoms with E-state index in [1.54, 1.807) is 15.9 Å². The van der Waals surface area contributed by atoms with E-state index in [1.165, 1.54) is 18.6 Å². The third kappa shape index (κ3) is 4.22. The van der Waals surface area contributed by atoms with Crippen molar-refractivity contribution in [3.05, 3.63) is 59.9 Å². The second-order valence-electron chi connectivity index (χ2n) is 9.44. The minimum absolute atomic E-state index is 0.0502. The van der Waals surface area contributed by atoms with Crippen molar-refractivity contribution in [3.8, 4) is 11.1 Å². The number of rotatable bonds is 4. The van der Waals surface area contributed by atoms with Crippen LogP contribution in [-0.4, -0.2) is 64.7 Å². The van der Waals surface area contributed by atoms with Crippen molar-refractivity contribution in [2.45, 2.75) is 56.1 Å². The van der Waals surface area contributed by atoms with E-state index in [-0.39, 0.29) is 55.0 Å². The molecule has 3 atom stereocenters. The Balaban J connectivity index is 1.31. The second kappa shape index (κ2) is 9.14. The van der Waals surface area contributed by atoms with Crippen molar-refractivity contribution in [1.29, 1.82) is 0 Å². The normalized spacial score (nSPS) is 25.4. The van der Waals surface area contributed by atoms with Crippen LogP contribution in [0.2, 0.25) is 0 Å². The molecule has 0 aromatic heterocycles. The molecule has 5 rings (SSSR count). The summed E-state index contributed by atoms with van der Waals surface area (Å²) in [6.07, 6.45) is 5.47. The van der Waals surface area contributed by atoms with Crippen molar-refractivity contribution in [3.63, 3.8) is 0 Å². The number of aliphatic hydroxyl groups excluding tert-OH is 1. The molecule has 2 aliphatic heterocycles. The molecule has 0 spiro atoms. The van der Waals surface area contributed by atoms with Crippen LogP contribution in [-0.2, 0) is 4.79 Å². The Kier molecular flexibility index (Phi) is 6.06. The first-order valence-electron chi connectivity index (χ1n) is 11.9. The lowest BCUT2D eigenvalue weighted by Crippen LogP contribution is -2.74. The quantitative estimate of drug-likeness (QED) is 0.747. The predicted molar refractivity (Wildman–Crippen MR) is 123 cm³/mol. The smallest absolute Gasteiger partial charge is 0.318 e. The molecule has 7 heteroatoms. The Bertz CT molecular complexity index is 1020. The van der Waals surface area contributed by atoms with Crippen LogP contribution in [0.15, 0.2) is 48.5 Å². The average molecular weight is 452 g/mol. The van der Waals surface area contributed by atoms with E-state index in [9.17, 15) is 19.1 Å². The highest BCUT2D eigenvalue weighted by atomic mass is 19.1. The summed E-state index contributed by atoms with van der Waals surface area (Å²) in [7, 11) is 0. The molecule has 2 aromatic rings. The molecule has 0 radical (unpaired) electrons. The summed E-state index contributed by atoms with van der Waals surface area (Å²) in [5.41, 5.74) is 2.72. The maximum Gasteiger partial charge on any atom is 0.318 e. The van der Waals surface area contributed by atoms with Gasteiger partial charge in [-0.25, -0.2) is 9.18 Å². The number of piperazine rings is 1. The minimum Gasteiger partial charge on any atom is -0.394 e. The SMILES string of the molecule is O=C(NC1CCCCC1)N1CC(=O)N2[C@H](CO)[C@H](c3ccc(-c4cccc(F)c4)cc3)[C@@H]2C1. The Morgan fingerprint density at radius 1 is 1.06 bits per heavy atom. The molecule has 2 N–H and O–H groups in total. The molecule has 2 heterocycles. The summed E-state index contributed by atoms with van der Waals surface area (Å²) < 4.78 is 13.6. The molecular weight excluding hydrogens is 421 g/mol. The molecule has 2 saturated heterocycles. The standard InChI is InChI=1S/C26H30FN3O3/c27-20-6-4-5-19(13-20)17-9-11-18(12-10-17)25-22-14-29(15-24(32)30(22)23(25)16-31)26(33)28-21-7-2-1-3-8-21/h4-6,9-13,21-23,25,31H,1-3,7-8,14-16H2,(H,28,33)/t22-,23+,25+/m0/s1. The number of hydrogen-bond donors (Lipinski definition) is 2. The number of urea groups is 1. The Morgan fingerprint density at radius 3 is 2.52 bits per heavy atom. The zero-order chi connectivity index (χ0) is 22.9. The first-order valence-corrected chi connectivity index (χ1v) is 11.9. The zero-order valence-electron chi connectivity index (χ0n) is 18.6. The summed E-state index contributed by atoms with van der Waals surface area (Å²) in [5.74, 6) is -0.443. The number of halogens is 1. The van der Waals surface area contributed by atoms with Crippen molar-refractivity contribution in [1.82, 2.24) is 15.1 Å². The number of carbonyl (C=O) groups is 2. The summed E-state index contributed by atoms with van der Waals surface area (Å²) >= 11 is 0. The predicted octanol–water partition coefficient (Wildman–Crippen LogP) is 3.51. The van der Waals surface area contributed by atoms with Gasteiger partial charge in [-0.3, -0.25) is 4.79 Å². The monoisotopic (exact) mass is 451 g/mol. The van der Waals surface area contributed by atoms with Crippen molar-refractivity contribution in [2.75, 3.05) is 19.7 Å². The number of nitrogens with one attached hydrogen (secondary N) is 1. The Morgan fingerprint density at radius 2 is 1.82 bits per heavy atom. The second-order valence-corrected chi connectivity index (χ2v) is 9.44.